The lowest BCUT2D eigenvalue weighted by molar-refractivity contribution is -0.129. The van der Waals surface area contributed by atoms with Crippen molar-refractivity contribution in [3.8, 4) is 0 Å². The van der Waals surface area contributed by atoms with Crippen LogP contribution in [0.5, 0.6) is 0 Å². The molecule has 1 saturated heterocycles. The molecule has 0 aromatic heterocycles. The van der Waals surface area contributed by atoms with Crippen LogP contribution in [-0.4, -0.2) is 37.1 Å². The first-order valence-corrected chi connectivity index (χ1v) is 7.05. The van der Waals surface area contributed by atoms with Crippen LogP contribution in [0.25, 0.3) is 0 Å². The Morgan fingerprint density at radius 1 is 1.41 bits per heavy atom. The fourth-order valence-electron chi connectivity index (χ4n) is 2.29. The quantitative estimate of drug-likeness (QED) is 0.772. The molecular formula is C15H22ClN3O3. The first kappa shape index (κ1) is 18.4. The van der Waals surface area contributed by atoms with Crippen LogP contribution in [-0.2, 0) is 20.9 Å². The fourth-order valence-corrected chi connectivity index (χ4v) is 2.29. The Morgan fingerprint density at radius 2 is 2.18 bits per heavy atom. The predicted octanol–water partition coefficient (Wildman–Crippen LogP) is 1.06. The van der Waals surface area contributed by atoms with E-state index in [4.69, 9.17) is 4.74 Å². The van der Waals surface area contributed by atoms with E-state index in [9.17, 15) is 9.59 Å². The molecule has 2 atom stereocenters. The summed E-state index contributed by atoms with van der Waals surface area (Å²) in [6.45, 7) is 5.07. The lowest BCUT2D eigenvalue weighted by Gasteiger charge is -2.29. The molecule has 7 heteroatoms. The molecule has 1 heterocycles. The van der Waals surface area contributed by atoms with E-state index in [-0.39, 0.29) is 36.4 Å². The third-order valence-corrected chi connectivity index (χ3v) is 3.31. The number of hydrogen-bond acceptors (Lipinski definition) is 4. The van der Waals surface area contributed by atoms with Crippen molar-refractivity contribution in [1.82, 2.24) is 10.6 Å². The van der Waals surface area contributed by atoms with Crippen molar-refractivity contribution in [1.29, 1.82) is 0 Å². The zero-order valence-corrected chi connectivity index (χ0v) is 13.5. The van der Waals surface area contributed by atoms with Crippen molar-refractivity contribution >= 4 is 29.9 Å². The molecule has 0 unspecified atom stereocenters. The molecule has 0 radical (unpaired) electrons. The highest BCUT2D eigenvalue weighted by atomic mass is 35.5. The summed E-state index contributed by atoms with van der Waals surface area (Å²) in [5, 5.41) is 8.75. The Kier molecular flexibility index (Phi) is 7.31. The number of nitrogens with one attached hydrogen (secondary N) is 3. The first-order chi connectivity index (χ1) is 10.1. The molecule has 1 fully saturated rings. The largest absolute Gasteiger partial charge is 0.375 e. The van der Waals surface area contributed by atoms with Crippen molar-refractivity contribution in [3.05, 3.63) is 29.8 Å². The number of benzene rings is 1. The molecule has 122 valence electrons. The summed E-state index contributed by atoms with van der Waals surface area (Å²) in [7, 11) is 0. The summed E-state index contributed by atoms with van der Waals surface area (Å²) in [6, 6.07) is 7.08. The Hall–Kier alpha value is -1.63. The minimum absolute atomic E-state index is 0. The minimum atomic E-state index is -0.322. The van der Waals surface area contributed by atoms with Gasteiger partial charge in [-0.3, -0.25) is 9.59 Å². The standard InChI is InChI=1S/C15H21N3O3.ClH/c1-10-14(16-6-7-21-10)15(20)17-9-12-4-3-5-13(8-12)18-11(2)19;/h3-5,8,10,14,16H,6-7,9H2,1-2H3,(H,17,20)(H,18,19);1H/t10-,14+;/m1./s1. The number of hydrogen-bond donors (Lipinski definition) is 3. The van der Waals surface area contributed by atoms with Crippen molar-refractivity contribution in [2.24, 2.45) is 0 Å². The molecule has 2 amide bonds. The predicted molar refractivity (Wildman–Crippen MR) is 87.0 cm³/mol. The number of morpholine rings is 1. The molecule has 0 aliphatic carbocycles. The van der Waals surface area contributed by atoms with E-state index in [0.717, 1.165) is 11.3 Å². The van der Waals surface area contributed by atoms with Crippen LogP contribution in [0.15, 0.2) is 24.3 Å². The molecule has 1 aliphatic heterocycles. The summed E-state index contributed by atoms with van der Waals surface area (Å²) in [5.41, 5.74) is 1.65. The minimum Gasteiger partial charge on any atom is -0.375 e. The van der Waals surface area contributed by atoms with Gasteiger partial charge in [-0.1, -0.05) is 12.1 Å². The molecule has 1 aromatic carbocycles. The number of ether oxygens (including phenoxy) is 1. The number of carbonyl (C=O) groups is 2. The van der Waals surface area contributed by atoms with Gasteiger partial charge in [-0.2, -0.15) is 0 Å². The van der Waals surface area contributed by atoms with E-state index in [2.05, 4.69) is 16.0 Å². The second-order valence-electron chi connectivity index (χ2n) is 5.11. The summed E-state index contributed by atoms with van der Waals surface area (Å²) in [5.74, 6) is -0.194. The van der Waals surface area contributed by atoms with Gasteiger partial charge in [0.1, 0.15) is 6.04 Å². The lowest BCUT2D eigenvalue weighted by atomic mass is 10.1. The normalized spacial score (nSPS) is 20.6. The van der Waals surface area contributed by atoms with Gasteiger partial charge >= 0.3 is 0 Å². The summed E-state index contributed by atoms with van der Waals surface area (Å²) < 4.78 is 5.46. The van der Waals surface area contributed by atoms with Gasteiger partial charge in [0.25, 0.3) is 0 Å². The molecule has 0 saturated carbocycles. The summed E-state index contributed by atoms with van der Waals surface area (Å²) in [4.78, 5) is 23.2. The number of rotatable bonds is 4. The zero-order chi connectivity index (χ0) is 15.2. The third-order valence-electron chi connectivity index (χ3n) is 3.31. The smallest absolute Gasteiger partial charge is 0.240 e. The first-order valence-electron chi connectivity index (χ1n) is 7.05. The van der Waals surface area contributed by atoms with Crippen molar-refractivity contribution in [3.63, 3.8) is 0 Å². The molecule has 0 bridgehead atoms. The SMILES string of the molecule is CC(=O)Nc1cccc(CNC(=O)[C@H]2NCCO[C@@H]2C)c1.Cl. The van der Waals surface area contributed by atoms with E-state index in [1.807, 2.05) is 31.2 Å². The average molecular weight is 328 g/mol. The fraction of sp³-hybridized carbons (Fsp3) is 0.467. The Labute approximate surface area is 136 Å². The molecule has 1 aromatic rings. The molecule has 6 nitrogen and oxygen atoms in total. The van der Waals surface area contributed by atoms with E-state index >= 15 is 0 Å². The van der Waals surface area contributed by atoms with Gasteiger partial charge in [0.05, 0.1) is 12.7 Å². The van der Waals surface area contributed by atoms with Crippen molar-refractivity contribution in [2.45, 2.75) is 32.5 Å². The molecule has 22 heavy (non-hydrogen) atoms. The van der Waals surface area contributed by atoms with Crippen LogP contribution in [0.3, 0.4) is 0 Å². The molecular weight excluding hydrogens is 306 g/mol. The van der Waals surface area contributed by atoms with Crippen LogP contribution in [0.1, 0.15) is 19.4 Å². The highest BCUT2D eigenvalue weighted by Gasteiger charge is 2.27. The Morgan fingerprint density at radius 3 is 2.86 bits per heavy atom. The van der Waals surface area contributed by atoms with E-state index in [1.54, 1.807) is 0 Å². The second-order valence-corrected chi connectivity index (χ2v) is 5.11. The van der Waals surface area contributed by atoms with Crippen molar-refractivity contribution in [2.75, 3.05) is 18.5 Å². The summed E-state index contributed by atoms with van der Waals surface area (Å²) >= 11 is 0. The second kappa shape index (κ2) is 8.73. The molecule has 0 spiro atoms. The van der Waals surface area contributed by atoms with Gasteiger partial charge in [-0.05, 0) is 24.6 Å². The monoisotopic (exact) mass is 327 g/mol. The Bertz CT molecular complexity index is 525. The van der Waals surface area contributed by atoms with E-state index in [0.29, 0.717) is 19.7 Å². The summed E-state index contributed by atoms with van der Waals surface area (Å²) in [6.07, 6.45) is -0.135. The number of amides is 2. The number of anilines is 1. The third kappa shape index (κ3) is 5.29. The van der Waals surface area contributed by atoms with Gasteiger partial charge in [0.2, 0.25) is 11.8 Å². The van der Waals surface area contributed by atoms with Gasteiger partial charge in [0, 0.05) is 25.7 Å². The zero-order valence-electron chi connectivity index (χ0n) is 12.7. The maximum absolute atomic E-state index is 12.1. The topological polar surface area (TPSA) is 79.5 Å². The lowest BCUT2D eigenvalue weighted by Crippen LogP contribution is -2.55. The van der Waals surface area contributed by atoms with Gasteiger partial charge < -0.3 is 20.7 Å². The van der Waals surface area contributed by atoms with E-state index < -0.39 is 0 Å². The molecule has 2 rings (SSSR count). The van der Waals surface area contributed by atoms with Gasteiger partial charge in [0.15, 0.2) is 0 Å². The van der Waals surface area contributed by atoms with E-state index in [1.165, 1.54) is 6.92 Å². The maximum Gasteiger partial charge on any atom is 0.240 e. The van der Waals surface area contributed by atoms with Crippen LogP contribution in [0, 0.1) is 0 Å². The van der Waals surface area contributed by atoms with Crippen molar-refractivity contribution < 1.29 is 14.3 Å². The van der Waals surface area contributed by atoms with Crippen LogP contribution in [0.2, 0.25) is 0 Å². The molecule has 1 aliphatic rings. The van der Waals surface area contributed by atoms with Gasteiger partial charge in [-0.25, -0.2) is 0 Å². The van der Waals surface area contributed by atoms with Crippen LogP contribution >= 0.6 is 12.4 Å². The number of halogens is 1. The highest BCUT2D eigenvalue weighted by molar-refractivity contribution is 5.88. The Balaban J connectivity index is 0.00000242. The average Bonchev–Trinajstić information content (AvgIpc) is 2.45. The highest BCUT2D eigenvalue weighted by Crippen LogP contribution is 2.11. The van der Waals surface area contributed by atoms with Crippen LogP contribution in [0.4, 0.5) is 5.69 Å². The maximum atomic E-state index is 12.1. The number of carbonyl (C=O) groups excluding carboxylic acids is 2. The molecule has 3 N–H and O–H groups in total. The van der Waals surface area contributed by atoms with Crippen LogP contribution < -0.4 is 16.0 Å². The van der Waals surface area contributed by atoms with Gasteiger partial charge in [-0.15, -0.1) is 12.4 Å².